The Hall–Kier alpha value is -2.24. The zero-order valence-corrected chi connectivity index (χ0v) is 12.0. The van der Waals surface area contributed by atoms with Crippen LogP contribution in [-0.4, -0.2) is 28.3 Å². The van der Waals surface area contributed by atoms with Gasteiger partial charge in [-0.05, 0) is 6.42 Å². The van der Waals surface area contributed by atoms with E-state index in [-0.39, 0.29) is 5.69 Å². The van der Waals surface area contributed by atoms with Gasteiger partial charge in [-0.15, -0.1) is 0 Å². The number of aromatic nitrogens is 3. The van der Waals surface area contributed by atoms with Crippen molar-refractivity contribution in [3.8, 4) is 11.5 Å². The number of pyridine rings is 1. The Morgan fingerprint density at radius 2 is 1.95 bits per heavy atom. The summed E-state index contributed by atoms with van der Waals surface area (Å²) in [6.07, 6.45) is 6.12. The van der Waals surface area contributed by atoms with Gasteiger partial charge in [-0.2, -0.15) is 0 Å². The number of methoxy groups -OCH3 is 2. The molecule has 0 unspecified atom stereocenters. The molecule has 6 nitrogen and oxygen atoms in total. The Balaban J connectivity index is 2.33. The van der Waals surface area contributed by atoms with Crippen LogP contribution in [-0.2, 0) is 13.1 Å². The summed E-state index contributed by atoms with van der Waals surface area (Å²) >= 11 is 0. The third kappa shape index (κ3) is 2.68. The van der Waals surface area contributed by atoms with Crippen LogP contribution >= 0.6 is 0 Å². The molecule has 0 bridgehead atoms. The monoisotopic (exact) mass is 277 g/mol. The van der Waals surface area contributed by atoms with Gasteiger partial charge in [0.05, 0.1) is 20.8 Å². The fourth-order valence-electron chi connectivity index (χ4n) is 2.11. The summed E-state index contributed by atoms with van der Waals surface area (Å²) in [7, 11) is 3.14. The van der Waals surface area contributed by atoms with Gasteiger partial charge in [0.2, 0.25) is 0 Å². The Bertz CT molecular complexity index is 631. The third-order valence-corrected chi connectivity index (χ3v) is 3.07. The van der Waals surface area contributed by atoms with Gasteiger partial charge in [0.15, 0.2) is 11.5 Å². The summed E-state index contributed by atoms with van der Waals surface area (Å²) in [5, 5.41) is 0. The summed E-state index contributed by atoms with van der Waals surface area (Å²) in [4.78, 5) is 16.4. The first-order chi connectivity index (χ1) is 9.71. The minimum absolute atomic E-state index is 0.0430. The van der Waals surface area contributed by atoms with E-state index in [1.54, 1.807) is 48.0 Å². The average Bonchev–Trinajstić information content (AvgIpc) is 2.80. The molecule has 0 amide bonds. The minimum atomic E-state index is -0.0430. The molecule has 0 spiro atoms. The van der Waals surface area contributed by atoms with Gasteiger partial charge in [-0.3, -0.25) is 14.1 Å². The van der Waals surface area contributed by atoms with E-state index in [0.29, 0.717) is 30.3 Å². The molecule has 2 aromatic heterocycles. The molecule has 2 aromatic rings. The highest BCUT2D eigenvalue weighted by molar-refractivity contribution is 5.42. The van der Waals surface area contributed by atoms with Gasteiger partial charge in [-0.25, -0.2) is 4.79 Å². The average molecular weight is 277 g/mol. The molecule has 0 N–H and O–H groups in total. The van der Waals surface area contributed by atoms with Gasteiger partial charge in [0.25, 0.3) is 0 Å². The van der Waals surface area contributed by atoms with E-state index in [1.165, 1.54) is 0 Å². The molecule has 20 heavy (non-hydrogen) atoms. The lowest BCUT2D eigenvalue weighted by atomic mass is 10.3. The Labute approximate surface area is 117 Å². The molecule has 0 radical (unpaired) electrons. The van der Waals surface area contributed by atoms with Crippen molar-refractivity contribution in [2.75, 3.05) is 14.2 Å². The summed E-state index contributed by atoms with van der Waals surface area (Å²) in [6.45, 7) is 3.11. The predicted octanol–water partition coefficient (Wildman–Crippen LogP) is 1.52. The summed E-state index contributed by atoms with van der Waals surface area (Å²) < 4.78 is 13.9. The van der Waals surface area contributed by atoms with Crippen LogP contribution < -0.4 is 15.2 Å². The predicted molar refractivity (Wildman–Crippen MR) is 75.4 cm³/mol. The Kier molecular flexibility index (Phi) is 4.45. The largest absolute Gasteiger partial charge is 0.493 e. The van der Waals surface area contributed by atoms with Gasteiger partial charge in [0.1, 0.15) is 5.69 Å². The maximum Gasteiger partial charge on any atom is 0.328 e. The number of aryl methyl sites for hydroxylation is 1. The lowest BCUT2D eigenvalue weighted by Crippen LogP contribution is -2.24. The lowest BCUT2D eigenvalue weighted by Gasteiger charge is -2.11. The van der Waals surface area contributed by atoms with Crippen molar-refractivity contribution < 1.29 is 9.47 Å². The van der Waals surface area contributed by atoms with Crippen molar-refractivity contribution in [2.24, 2.45) is 0 Å². The number of nitrogens with zero attached hydrogens (tertiary/aromatic N) is 3. The van der Waals surface area contributed by atoms with Crippen LogP contribution in [0.2, 0.25) is 0 Å². The standard InChI is InChI=1S/C14H19N3O3/c1-4-7-16-8-9-17(14(16)18)10-11-13(20-3)12(19-2)5-6-15-11/h5-6,8-9H,4,7,10H2,1-3H3. The molecule has 6 heteroatoms. The van der Waals surface area contributed by atoms with Crippen molar-refractivity contribution >= 4 is 0 Å². The van der Waals surface area contributed by atoms with Crippen molar-refractivity contribution in [3.63, 3.8) is 0 Å². The van der Waals surface area contributed by atoms with Crippen molar-refractivity contribution in [1.29, 1.82) is 0 Å². The fourth-order valence-corrected chi connectivity index (χ4v) is 2.11. The highest BCUT2D eigenvalue weighted by Gasteiger charge is 2.13. The molecule has 0 atom stereocenters. The van der Waals surface area contributed by atoms with Crippen LogP contribution in [0.5, 0.6) is 11.5 Å². The molecule has 0 aliphatic heterocycles. The zero-order valence-electron chi connectivity index (χ0n) is 12.0. The first kappa shape index (κ1) is 14.2. The highest BCUT2D eigenvalue weighted by Crippen LogP contribution is 2.29. The quantitative estimate of drug-likeness (QED) is 0.803. The smallest absolute Gasteiger partial charge is 0.328 e. The normalized spacial score (nSPS) is 10.6. The Morgan fingerprint density at radius 1 is 1.20 bits per heavy atom. The maximum atomic E-state index is 12.1. The molecule has 0 fully saturated rings. The fraction of sp³-hybridized carbons (Fsp3) is 0.429. The van der Waals surface area contributed by atoms with E-state index in [9.17, 15) is 4.79 Å². The molecular formula is C14H19N3O3. The molecule has 0 aliphatic carbocycles. The molecular weight excluding hydrogens is 258 g/mol. The summed E-state index contributed by atoms with van der Waals surface area (Å²) in [6, 6.07) is 1.73. The minimum Gasteiger partial charge on any atom is -0.493 e. The number of hydrogen-bond acceptors (Lipinski definition) is 4. The van der Waals surface area contributed by atoms with Crippen molar-refractivity contribution in [3.05, 3.63) is 40.8 Å². The van der Waals surface area contributed by atoms with E-state index in [4.69, 9.17) is 9.47 Å². The van der Waals surface area contributed by atoms with Crippen molar-refractivity contribution in [1.82, 2.24) is 14.1 Å². The van der Waals surface area contributed by atoms with Gasteiger partial charge in [-0.1, -0.05) is 6.92 Å². The maximum absolute atomic E-state index is 12.1. The van der Waals surface area contributed by atoms with E-state index in [1.807, 2.05) is 6.92 Å². The zero-order chi connectivity index (χ0) is 14.5. The van der Waals surface area contributed by atoms with E-state index in [0.717, 1.165) is 6.42 Å². The summed E-state index contributed by atoms with van der Waals surface area (Å²) in [5.41, 5.74) is 0.627. The van der Waals surface area contributed by atoms with E-state index >= 15 is 0 Å². The molecule has 108 valence electrons. The molecule has 2 heterocycles. The van der Waals surface area contributed by atoms with Crippen LogP contribution in [0.1, 0.15) is 19.0 Å². The second-order valence-electron chi connectivity index (χ2n) is 4.40. The van der Waals surface area contributed by atoms with Crippen LogP contribution in [0, 0.1) is 0 Å². The van der Waals surface area contributed by atoms with Crippen LogP contribution in [0.15, 0.2) is 29.5 Å². The van der Waals surface area contributed by atoms with Gasteiger partial charge in [0, 0.05) is 31.2 Å². The first-order valence-corrected chi connectivity index (χ1v) is 6.52. The van der Waals surface area contributed by atoms with Crippen LogP contribution in [0.4, 0.5) is 0 Å². The molecule has 0 aromatic carbocycles. The number of imidazole rings is 1. The summed E-state index contributed by atoms with van der Waals surface area (Å²) in [5.74, 6) is 1.17. The number of rotatable bonds is 6. The molecule has 0 saturated heterocycles. The van der Waals surface area contributed by atoms with Gasteiger partial charge >= 0.3 is 5.69 Å². The van der Waals surface area contributed by atoms with Crippen LogP contribution in [0.25, 0.3) is 0 Å². The van der Waals surface area contributed by atoms with Gasteiger partial charge < -0.3 is 9.47 Å². The number of ether oxygens (including phenoxy) is 2. The Morgan fingerprint density at radius 3 is 2.60 bits per heavy atom. The van der Waals surface area contributed by atoms with E-state index < -0.39 is 0 Å². The van der Waals surface area contributed by atoms with Crippen LogP contribution in [0.3, 0.4) is 0 Å². The highest BCUT2D eigenvalue weighted by atomic mass is 16.5. The molecule has 0 aliphatic rings. The molecule has 2 rings (SSSR count). The topological polar surface area (TPSA) is 58.3 Å². The SMILES string of the molecule is CCCn1ccn(Cc2nccc(OC)c2OC)c1=O. The van der Waals surface area contributed by atoms with E-state index in [2.05, 4.69) is 4.98 Å². The van der Waals surface area contributed by atoms with Crippen molar-refractivity contribution in [2.45, 2.75) is 26.4 Å². The number of hydrogen-bond donors (Lipinski definition) is 0. The third-order valence-electron chi connectivity index (χ3n) is 3.07. The molecule has 0 saturated carbocycles. The lowest BCUT2D eigenvalue weighted by molar-refractivity contribution is 0.348. The second-order valence-corrected chi connectivity index (χ2v) is 4.40. The second kappa shape index (κ2) is 6.27. The first-order valence-electron chi connectivity index (χ1n) is 6.52.